The van der Waals surface area contributed by atoms with Gasteiger partial charge in [0.2, 0.25) is 0 Å². The molecule has 5 nitrogen and oxygen atoms in total. The number of amides is 1. The van der Waals surface area contributed by atoms with Crippen LogP contribution >= 0.6 is 0 Å². The Hall–Kier alpha value is -1.75. The SMILES string of the molecule is Cc1cc(CNC2CCN(C(=O)OC(C)(C)C)CC2)cc(C)c1O. The quantitative estimate of drug-likeness (QED) is 0.888. The molecule has 1 aliphatic rings. The number of carbonyl (C=O) groups is 1. The molecule has 5 heteroatoms. The van der Waals surface area contributed by atoms with E-state index in [1.807, 2.05) is 46.8 Å². The summed E-state index contributed by atoms with van der Waals surface area (Å²) in [5.41, 5.74) is 2.55. The van der Waals surface area contributed by atoms with Gasteiger partial charge in [0.15, 0.2) is 0 Å². The maximum atomic E-state index is 12.1. The van der Waals surface area contributed by atoms with Crippen molar-refractivity contribution in [2.24, 2.45) is 0 Å². The molecule has 0 aliphatic carbocycles. The molecule has 0 aromatic heterocycles. The summed E-state index contributed by atoms with van der Waals surface area (Å²) in [4.78, 5) is 13.9. The first kappa shape index (κ1) is 18.6. The van der Waals surface area contributed by atoms with Crippen LogP contribution in [0.25, 0.3) is 0 Å². The van der Waals surface area contributed by atoms with Gasteiger partial charge in [-0.3, -0.25) is 0 Å². The van der Waals surface area contributed by atoms with Gasteiger partial charge in [-0.15, -0.1) is 0 Å². The molecular weight excluding hydrogens is 304 g/mol. The lowest BCUT2D eigenvalue weighted by Gasteiger charge is -2.33. The molecule has 0 atom stereocenters. The number of aromatic hydroxyl groups is 1. The molecule has 0 unspecified atom stereocenters. The predicted octanol–water partition coefficient (Wildman–Crippen LogP) is 3.50. The Bertz CT molecular complexity index is 562. The standard InChI is InChI=1S/C19H30N2O3/c1-13-10-15(11-14(2)17(13)22)12-20-16-6-8-21(9-7-16)18(23)24-19(3,4)5/h10-11,16,20,22H,6-9,12H2,1-5H3. The maximum absolute atomic E-state index is 12.1. The third-order valence-corrected chi connectivity index (χ3v) is 4.29. The van der Waals surface area contributed by atoms with E-state index in [0.717, 1.165) is 43.6 Å². The third-order valence-electron chi connectivity index (χ3n) is 4.29. The van der Waals surface area contributed by atoms with Gasteiger partial charge < -0.3 is 20.1 Å². The van der Waals surface area contributed by atoms with Crippen LogP contribution in [0.1, 0.15) is 50.3 Å². The van der Waals surface area contributed by atoms with Gasteiger partial charge in [0.25, 0.3) is 0 Å². The van der Waals surface area contributed by atoms with Crippen molar-refractivity contribution < 1.29 is 14.6 Å². The molecule has 2 N–H and O–H groups in total. The van der Waals surface area contributed by atoms with Crippen molar-refractivity contribution >= 4 is 6.09 Å². The molecule has 0 bridgehead atoms. The van der Waals surface area contributed by atoms with Crippen molar-refractivity contribution in [2.45, 2.75) is 65.6 Å². The predicted molar refractivity (Wildman–Crippen MR) is 95.2 cm³/mol. The van der Waals surface area contributed by atoms with E-state index in [2.05, 4.69) is 5.32 Å². The summed E-state index contributed by atoms with van der Waals surface area (Å²) in [6, 6.07) is 4.44. The van der Waals surface area contributed by atoms with E-state index in [1.54, 1.807) is 4.90 Å². The largest absolute Gasteiger partial charge is 0.507 e. The molecule has 2 rings (SSSR count). The minimum atomic E-state index is -0.444. The van der Waals surface area contributed by atoms with Crippen LogP contribution in [0.4, 0.5) is 4.79 Å². The highest BCUT2D eigenvalue weighted by molar-refractivity contribution is 5.68. The van der Waals surface area contributed by atoms with Crippen LogP contribution in [0.15, 0.2) is 12.1 Å². The fraction of sp³-hybridized carbons (Fsp3) is 0.632. The summed E-state index contributed by atoms with van der Waals surface area (Å²) < 4.78 is 5.42. The van der Waals surface area contributed by atoms with E-state index >= 15 is 0 Å². The van der Waals surface area contributed by atoms with Crippen molar-refractivity contribution in [3.63, 3.8) is 0 Å². The maximum Gasteiger partial charge on any atom is 0.410 e. The number of nitrogens with zero attached hydrogens (tertiary/aromatic N) is 1. The zero-order valence-corrected chi connectivity index (χ0v) is 15.5. The van der Waals surface area contributed by atoms with Crippen molar-refractivity contribution in [3.8, 4) is 5.75 Å². The van der Waals surface area contributed by atoms with Crippen molar-refractivity contribution in [3.05, 3.63) is 28.8 Å². The molecular formula is C19H30N2O3. The van der Waals surface area contributed by atoms with Crippen LogP contribution in [-0.4, -0.2) is 40.8 Å². The molecule has 0 radical (unpaired) electrons. The van der Waals surface area contributed by atoms with Gasteiger partial charge >= 0.3 is 6.09 Å². The van der Waals surface area contributed by atoms with Gasteiger partial charge in [0, 0.05) is 25.7 Å². The summed E-state index contributed by atoms with van der Waals surface area (Å²) in [7, 11) is 0. The molecule has 1 saturated heterocycles. The van der Waals surface area contributed by atoms with Crippen LogP contribution < -0.4 is 5.32 Å². The number of rotatable bonds is 3. The highest BCUT2D eigenvalue weighted by atomic mass is 16.6. The summed E-state index contributed by atoms with van der Waals surface area (Å²) in [6.07, 6.45) is 1.63. The van der Waals surface area contributed by atoms with Gasteiger partial charge in [-0.2, -0.15) is 0 Å². The second-order valence-electron chi connectivity index (χ2n) is 7.70. The van der Waals surface area contributed by atoms with Crippen molar-refractivity contribution in [2.75, 3.05) is 13.1 Å². The first-order chi connectivity index (χ1) is 11.2. The topological polar surface area (TPSA) is 61.8 Å². The van der Waals surface area contributed by atoms with E-state index in [4.69, 9.17) is 4.74 Å². The van der Waals surface area contributed by atoms with E-state index in [1.165, 1.54) is 5.56 Å². The van der Waals surface area contributed by atoms with E-state index in [0.29, 0.717) is 11.8 Å². The Morgan fingerprint density at radius 3 is 2.29 bits per heavy atom. The fourth-order valence-electron chi connectivity index (χ4n) is 3.00. The van der Waals surface area contributed by atoms with Gasteiger partial charge in [-0.25, -0.2) is 4.79 Å². The third kappa shape index (κ3) is 5.13. The first-order valence-corrected chi connectivity index (χ1v) is 8.66. The average molecular weight is 334 g/mol. The smallest absolute Gasteiger partial charge is 0.410 e. The summed E-state index contributed by atoms with van der Waals surface area (Å²) >= 11 is 0. The number of piperidine rings is 1. The Morgan fingerprint density at radius 1 is 1.25 bits per heavy atom. The van der Waals surface area contributed by atoms with Gasteiger partial charge in [-0.05, 0) is 64.2 Å². The number of hydrogen-bond acceptors (Lipinski definition) is 4. The molecule has 134 valence electrons. The molecule has 1 heterocycles. The Balaban J connectivity index is 1.80. The Morgan fingerprint density at radius 2 is 1.79 bits per heavy atom. The van der Waals surface area contributed by atoms with Gasteiger partial charge in [0.1, 0.15) is 11.4 Å². The number of likely N-dealkylation sites (tertiary alicyclic amines) is 1. The van der Waals surface area contributed by atoms with Crippen LogP contribution in [0.2, 0.25) is 0 Å². The summed E-state index contributed by atoms with van der Waals surface area (Å²) in [6.45, 7) is 11.7. The second kappa shape index (κ2) is 7.43. The van der Waals surface area contributed by atoms with E-state index < -0.39 is 5.60 Å². The van der Waals surface area contributed by atoms with Crippen LogP contribution in [0.5, 0.6) is 5.75 Å². The Labute approximate surface area is 145 Å². The van der Waals surface area contributed by atoms with Crippen LogP contribution in [-0.2, 0) is 11.3 Å². The number of phenols is 1. The highest BCUT2D eigenvalue weighted by Crippen LogP contribution is 2.23. The second-order valence-corrected chi connectivity index (χ2v) is 7.70. The van der Waals surface area contributed by atoms with Crippen LogP contribution in [0.3, 0.4) is 0 Å². The molecule has 1 aromatic carbocycles. The monoisotopic (exact) mass is 334 g/mol. The number of phenolic OH excluding ortho intramolecular Hbond substituents is 1. The van der Waals surface area contributed by atoms with Crippen LogP contribution in [0, 0.1) is 13.8 Å². The summed E-state index contributed by atoms with van der Waals surface area (Å²) in [5, 5.41) is 13.4. The number of benzene rings is 1. The van der Waals surface area contributed by atoms with Crippen molar-refractivity contribution in [1.82, 2.24) is 10.2 Å². The fourth-order valence-corrected chi connectivity index (χ4v) is 3.00. The van der Waals surface area contributed by atoms with E-state index in [9.17, 15) is 9.90 Å². The molecule has 1 aliphatic heterocycles. The molecule has 1 aromatic rings. The first-order valence-electron chi connectivity index (χ1n) is 8.66. The molecule has 0 saturated carbocycles. The van der Waals surface area contributed by atoms with Gasteiger partial charge in [-0.1, -0.05) is 12.1 Å². The lowest BCUT2D eigenvalue weighted by Crippen LogP contribution is -2.46. The average Bonchev–Trinajstić information content (AvgIpc) is 2.49. The number of ether oxygens (including phenoxy) is 1. The number of nitrogens with one attached hydrogen (secondary N) is 1. The lowest BCUT2D eigenvalue weighted by atomic mass is 10.0. The van der Waals surface area contributed by atoms with Gasteiger partial charge in [0.05, 0.1) is 0 Å². The zero-order chi connectivity index (χ0) is 17.9. The number of hydrogen-bond donors (Lipinski definition) is 2. The zero-order valence-electron chi connectivity index (χ0n) is 15.5. The number of aryl methyl sites for hydroxylation is 2. The molecule has 0 spiro atoms. The molecule has 1 fully saturated rings. The Kier molecular flexibility index (Phi) is 5.75. The van der Waals surface area contributed by atoms with E-state index in [-0.39, 0.29) is 6.09 Å². The lowest BCUT2D eigenvalue weighted by molar-refractivity contribution is 0.0198. The normalized spacial score (nSPS) is 16.3. The minimum absolute atomic E-state index is 0.217. The molecule has 24 heavy (non-hydrogen) atoms. The number of carbonyl (C=O) groups excluding carboxylic acids is 1. The summed E-state index contributed by atoms with van der Waals surface area (Å²) in [5.74, 6) is 0.379. The van der Waals surface area contributed by atoms with Crippen molar-refractivity contribution in [1.29, 1.82) is 0 Å². The minimum Gasteiger partial charge on any atom is -0.507 e. The molecule has 1 amide bonds. The highest BCUT2D eigenvalue weighted by Gasteiger charge is 2.26.